The smallest absolute Gasteiger partial charge is 0.134 e. The van der Waals surface area contributed by atoms with Crippen LogP contribution in [0.5, 0.6) is 0 Å². The monoisotopic (exact) mass is 257 g/mol. The first-order chi connectivity index (χ1) is 9.24. The van der Waals surface area contributed by atoms with Crippen molar-refractivity contribution in [2.24, 2.45) is 5.92 Å². The van der Waals surface area contributed by atoms with Crippen LogP contribution < -0.4 is 5.32 Å². The van der Waals surface area contributed by atoms with E-state index < -0.39 is 0 Å². The first-order valence-corrected chi connectivity index (χ1v) is 7.50. The highest BCUT2D eigenvalue weighted by molar-refractivity contribution is 5.82. The number of aryl methyl sites for hydroxylation is 1. The minimum atomic E-state index is 0.309. The Morgan fingerprint density at radius 2 is 2.11 bits per heavy atom. The van der Waals surface area contributed by atoms with Gasteiger partial charge in [-0.15, -0.1) is 0 Å². The first-order valence-electron chi connectivity index (χ1n) is 7.50. The summed E-state index contributed by atoms with van der Waals surface area (Å²) in [5.74, 6) is 2.00. The Hall–Kier alpha value is -1.28. The van der Waals surface area contributed by atoms with Crippen molar-refractivity contribution in [1.82, 2.24) is 5.32 Å². The molecule has 3 unspecified atom stereocenters. The molecule has 1 N–H and O–H groups in total. The summed E-state index contributed by atoms with van der Waals surface area (Å²) in [5, 5.41) is 4.99. The summed E-state index contributed by atoms with van der Waals surface area (Å²) in [6.45, 7) is 6.71. The van der Waals surface area contributed by atoms with Gasteiger partial charge < -0.3 is 9.73 Å². The molecule has 0 amide bonds. The van der Waals surface area contributed by atoms with Crippen LogP contribution >= 0.6 is 0 Å². The van der Waals surface area contributed by atoms with Crippen LogP contribution in [0, 0.1) is 5.92 Å². The van der Waals surface area contributed by atoms with Crippen LogP contribution in [-0.2, 0) is 6.42 Å². The van der Waals surface area contributed by atoms with Gasteiger partial charge in [0.2, 0.25) is 0 Å². The number of hydrogen-bond acceptors (Lipinski definition) is 2. The number of fused-ring (bicyclic) bond motifs is 1. The van der Waals surface area contributed by atoms with Crippen LogP contribution in [0.2, 0.25) is 0 Å². The van der Waals surface area contributed by atoms with Crippen LogP contribution in [0.1, 0.15) is 51.0 Å². The van der Waals surface area contributed by atoms with Crippen LogP contribution in [-0.4, -0.2) is 6.04 Å². The van der Waals surface area contributed by atoms with Gasteiger partial charge in [0.15, 0.2) is 0 Å². The SMILES string of the molecule is CCc1c(C(C)NC2CC2CC)oc2ccccc12. The average Bonchev–Trinajstić information content (AvgIpc) is 3.07. The topological polar surface area (TPSA) is 25.2 Å². The first kappa shape index (κ1) is 12.7. The molecule has 2 aromatic rings. The Morgan fingerprint density at radius 1 is 1.32 bits per heavy atom. The van der Waals surface area contributed by atoms with Crippen molar-refractivity contribution in [1.29, 1.82) is 0 Å². The van der Waals surface area contributed by atoms with E-state index in [9.17, 15) is 0 Å². The van der Waals surface area contributed by atoms with Gasteiger partial charge in [-0.05, 0) is 31.7 Å². The number of hydrogen-bond donors (Lipinski definition) is 1. The Kier molecular flexibility index (Phi) is 3.36. The van der Waals surface area contributed by atoms with Crippen molar-refractivity contribution in [3.8, 4) is 0 Å². The number of para-hydroxylation sites is 1. The van der Waals surface area contributed by atoms with E-state index in [1.165, 1.54) is 23.8 Å². The molecule has 1 aliphatic rings. The normalized spacial score (nSPS) is 23.7. The molecule has 3 rings (SSSR count). The van der Waals surface area contributed by atoms with Gasteiger partial charge >= 0.3 is 0 Å². The van der Waals surface area contributed by atoms with E-state index >= 15 is 0 Å². The van der Waals surface area contributed by atoms with Crippen LogP contribution in [0.3, 0.4) is 0 Å². The fraction of sp³-hybridized carbons (Fsp3) is 0.529. The van der Waals surface area contributed by atoms with E-state index in [2.05, 4.69) is 44.3 Å². The zero-order valence-electron chi connectivity index (χ0n) is 12.1. The number of furan rings is 1. The van der Waals surface area contributed by atoms with Crippen molar-refractivity contribution in [2.75, 3.05) is 0 Å². The van der Waals surface area contributed by atoms with Gasteiger partial charge in [0.1, 0.15) is 11.3 Å². The molecule has 1 saturated carbocycles. The zero-order chi connectivity index (χ0) is 13.4. The van der Waals surface area contributed by atoms with E-state index in [1.54, 1.807) is 0 Å². The maximum absolute atomic E-state index is 6.09. The lowest BCUT2D eigenvalue weighted by Crippen LogP contribution is -2.22. The average molecular weight is 257 g/mol. The van der Waals surface area contributed by atoms with Gasteiger partial charge in [-0.2, -0.15) is 0 Å². The summed E-state index contributed by atoms with van der Waals surface area (Å²) in [5.41, 5.74) is 2.38. The Morgan fingerprint density at radius 3 is 2.79 bits per heavy atom. The Bertz CT molecular complexity index is 572. The van der Waals surface area contributed by atoms with Gasteiger partial charge in [0.05, 0.1) is 6.04 Å². The van der Waals surface area contributed by atoms with Crippen molar-refractivity contribution in [3.05, 3.63) is 35.6 Å². The summed E-state index contributed by atoms with van der Waals surface area (Å²) in [7, 11) is 0. The quantitative estimate of drug-likeness (QED) is 0.856. The zero-order valence-corrected chi connectivity index (χ0v) is 12.1. The highest BCUT2D eigenvalue weighted by Crippen LogP contribution is 2.37. The highest BCUT2D eigenvalue weighted by atomic mass is 16.3. The highest BCUT2D eigenvalue weighted by Gasteiger charge is 2.36. The van der Waals surface area contributed by atoms with Gasteiger partial charge in [0, 0.05) is 17.0 Å². The summed E-state index contributed by atoms with van der Waals surface area (Å²) < 4.78 is 6.09. The van der Waals surface area contributed by atoms with Crippen molar-refractivity contribution in [3.63, 3.8) is 0 Å². The lowest BCUT2D eigenvalue weighted by Gasteiger charge is -2.13. The molecule has 0 radical (unpaired) electrons. The fourth-order valence-electron chi connectivity index (χ4n) is 3.13. The molecular formula is C17H23NO. The van der Waals surface area contributed by atoms with E-state index in [4.69, 9.17) is 4.42 Å². The van der Waals surface area contributed by atoms with E-state index in [0.29, 0.717) is 12.1 Å². The van der Waals surface area contributed by atoms with Crippen molar-refractivity contribution < 1.29 is 4.42 Å². The van der Waals surface area contributed by atoms with Gasteiger partial charge in [-0.1, -0.05) is 38.5 Å². The van der Waals surface area contributed by atoms with Crippen molar-refractivity contribution in [2.45, 2.75) is 52.1 Å². The molecule has 1 aromatic heterocycles. The molecule has 19 heavy (non-hydrogen) atoms. The van der Waals surface area contributed by atoms with Crippen LogP contribution in [0.15, 0.2) is 28.7 Å². The molecule has 1 aliphatic carbocycles. The largest absolute Gasteiger partial charge is 0.459 e. The maximum Gasteiger partial charge on any atom is 0.134 e. The number of rotatable bonds is 5. The third kappa shape index (κ3) is 2.30. The Labute approximate surface area is 115 Å². The van der Waals surface area contributed by atoms with Gasteiger partial charge in [-0.3, -0.25) is 0 Å². The van der Waals surface area contributed by atoms with Crippen LogP contribution in [0.25, 0.3) is 11.0 Å². The molecule has 102 valence electrons. The molecule has 0 aliphatic heterocycles. The number of benzene rings is 1. The molecule has 0 saturated heterocycles. The molecule has 0 spiro atoms. The van der Waals surface area contributed by atoms with Gasteiger partial charge in [0.25, 0.3) is 0 Å². The minimum Gasteiger partial charge on any atom is -0.459 e. The predicted molar refractivity (Wildman–Crippen MR) is 79.3 cm³/mol. The molecule has 3 atom stereocenters. The molecule has 2 heteroatoms. The lowest BCUT2D eigenvalue weighted by atomic mass is 10.0. The maximum atomic E-state index is 6.09. The summed E-state index contributed by atoms with van der Waals surface area (Å²) in [6.07, 6.45) is 3.63. The number of nitrogens with one attached hydrogen (secondary N) is 1. The lowest BCUT2D eigenvalue weighted by molar-refractivity contribution is 0.436. The third-order valence-electron chi connectivity index (χ3n) is 4.39. The van der Waals surface area contributed by atoms with Crippen LogP contribution in [0.4, 0.5) is 0 Å². The van der Waals surface area contributed by atoms with E-state index in [-0.39, 0.29) is 0 Å². The Balaban J connectivity index is 1.87. The summed E-state index contributed by atoms with van der Waals surface area (Å²) >= 11 is 0. The molecule has 1 heterocycles. The second-order valence-corrected chi connectivity index (χ2v) is 5.69. The summed E-state index contributed by atoms with van der Waals surface area (Å²) in [4.78, 5) is 0. The third-order valence-corrected chi connectivity index (χ3v) is 4.39. The van der Waals surface area contributed by atoms with E-state index in [0.717, 1.165) is 23.7 Å². The van der Waals surface area contributed by atoms with E-state index in [1.807, 2.05) is 6.07 Å². The van der Waals surface area contributed by atoms with Gasteiger partial charge in [-0.25, -0.2) is 0 Å². The molecular weight excluding hydrogens is 234 g/mol. The van der Waals surface area contributed by atoms with Crippen molar-refractivity contribution >= 4 is 11.0 Å². The fourth-order valence-corrected chi connectivity index (χ4v) is 3.13. The second kappa shape index (κ2) is 5.01. The molecule has 2 nitrogen and oxygen atoms in total. The second-order valence-electron chi connectivity index (χ2n) is 5.69. The standard InChI is InChI=1S/C17H23NO/c1-4-12-10-15(12)18-11(3)17-13(5-2)14-8-6-7-9-16(14)19-17/h6-9,11-12,15,18H,4-5,10H2,1-3H3. The predicted octanol–water partition coefficient (Wildman–Crippen LogP) is 4.44. The molecule has 1 aromatic carbocycles. The minimum absolute atomic E-state index is 0.309. The molecule has 1 fully saturated rings. The summed E-state index contributed by atoms with van der Waals surface area (Å²) in [6, 6.07) is 9.37. The molecule has 0 bridgehead atoms.